The molecule has 2 aromatic heterocycles. The van der Waals surface area contributed by atoms with Gasteiger partial charge < -0.3 is 20.7 Å². The molecule has 1 amide bonds. The molecule has 3 heterocycles. The fraction of sp³-hybridized carbons (Fsp3) is 0.381. The Morgan fingerprint density at radius 1 is 1.28 bits per heavy atom. The highest BCUT2D eigenvalue weighted by atomic mass is 32.1. The van der Waals surface area contributed by atoms with Crippen LogP contribution in [0.4, 0.5) is 16.6 Å². The molecule has 1 saturated heterocycles. The molecule has 3 aromatic rings. The van der Waals surface area contributed by atoms with Crippen molar-refractivity contribution in [2.24, 2.45) is 0 Å². The molecule has 0 bridgehead atoms. The molecule has 29 heavy (non-hydrogen) atoms. The van der Waals surface area contributed by atoms with E-state index >= 15 is 0 Å². The summed E-state index contributed by atoms with van der Waals surface area (Å²) in [6, 6.07) is 12.3. The minimum atomic E-state index is -0.514. The number of carbonyl (C=O) groups is 1. The van der Waals surface area contributed by atoms with Gasteiger partial charge in [0.05, 0.1) is 11.4 Å². The van der Waals surface area contributed by atoms with E-state index in [4.69, 9.17) is 10.5 Å². The maximum Gasteiger partial charge on any atom is 0.407 e. The topological polar surface area (TPSA) is 93.4 Å². The number of ether oxygens (including phenoxy) is 1. The SMILES string of the molecule is CC(C)(C)OC(=O)N[C@@H]1CCN(c2nc(N)nc3sc(-c4ccccc4)cc23)C1. The van der Waals surface area contributed by atoms with E-state index in [1.807, 2.05) is 39.0 Å². The van der Waals surface area contributed by atoms with Gasteiger partial charge in [0.1, 0.15) is 16.2 Å². The van der Waals surface area contributed by atoms with Crippen LogP contribution in [0.5, 0.6) is 0 Å². The van der Waals surface area contributed by atoms with Gasteiger partial charge in [0.25, 0.3) is 0 Å². The average molecular weight is 412 g/mol. The highest BCUT2D eigenvalue weighted by molar-refractivity contribution is 7.22. The number of anilines is 2. The number of fused-ring (bicyclic) bond motifs is 1. The molecule has 1 aliphatic heterocycles. The molecule has 0 spiro atoms. The Balaban J connectivity index is 1.56. The maximum atomic E-state index is 12.1. The number of carbonyl (C=O) groups excluding carboxylic acids is 1. The number of nitrogens with zero attached hydrogens (tertiary/aromatic N) is 3. The second kappa shape index (κ2) is 7.51. The predicted octanol–water partition coefficient (Wildman–Crippen LogP) is 4.04. The van der Waals surface area contributed by atoms with E-state index in [0.717, 1.165) is 39.4 Å². The van der Waals surface area contributed by atoms with Crippen molar-refractivity contribution in [1.82, 2.24) is 15.3 Å². The smallest absolute Gasteiger partial charge is 0.407 e. The average Bonchev–Trinajstić information content (AvgIpc) is 3.27. The van der Waals surface area contributed by atoms with Crippen molar-refractivity contribution in [3.05, 3.63) is 36.4 Å². The Hall–Kier alpha value is -2.87. The van der Waals surface area contributed by atoms with Gasteiger partial charge in [0.15, 0.2) is 0 Å². The molecule has 1 aliphatic rings. The standard InChI is InChI=1S/C21H25N5O2S/c1-21(2,3)28-20(27)23-14-9-10-26(12-14)17-15-11-16(13-7-5-4-6-8-13)29-18(15)25-19(22)24-17/h4-8,11,14H,9-10,12H2,1-3H3,(H,23,27)(H2,22,24,25)/t14-/m1/s1. The molecule has 4 rings (SSSR count). The van der Waals surface area contributed by atoms with Crippen molar-refractivity contribution < 1.29 is 9.53 Å². The van der Waals surface area contributed by atoms with Crippen molar-refractivity contribution in [1.29, 1.82) is 0 Å². The van der Waals surface area contributed by atoms with Crippen molar-refractivity contribution in [3.63, 3.8) is 0 Å². The lowest BCUT2D eigenvalue weighted by Crippen LogP contribution is -2.40. The van der Waals surface area contributed by atoms with Gasteiger partial charge in [-0.25, -0.2) is 9.78 Å². The summed E-state index contributed by atoms with van der Waals surface area (Å²) in [7, 11) is 0. The summed E-state index contributed by atoms with van der Waals surface area (Å²) < 4.78 is 5.37. The predicted molar refractivity (Wildman–Crippen MR) is 117 cm³/mol. The Labute approximate surface area is 173 Å². The summed E-state index contributed by atoms with van der Waals surface area (Å²) in [4.78, 5) is 25.2. The second-order valence-electron chi connectivity index (χ2n) is 8.18. The zero-order chi connectivity index (χ0) is 20.6. The molecule has 0 aliphatic carbocycles. The first-order chi connectivity index (χ1) is 13.8. The van der Waals surface area contributed by atoms with E-state index in [1.54, 1.807) is 11.3 Å². The largest absolute Gasteiger partial charge is 0.444 e. The summed E-state index contributed by atoms with van der Waals surface area (Å²) >= 11 is 1.61. The normalized spacial score (nSPS) is 16.9. The third kappa shape index (κ3) is 4.42. The summed E-state index contributed by atoms with van der Waals surface area (Å²) in [5.41, 5.74) is 6.62. The van der Waals surface area contributed by atoms with Crippen LogP contribution in [-0.2, 0) is 4.74 Å². The second-order valence-corrected chi connectivity index (χ2v) is 9.21. The van der Waals surface area contributed by atoms with Gasteiger partial charge in [-0.2, -0.15) is 4.98 Å². The summed E-state index contributed by atoms with van der Waals surface area (Å²) in [6.07, 6.45) is 0.430. The van der Waals surface area contributed by atoms with Crippen LogP contribution in [0.25, 0.3) is 20.7 Å². The number of rotatable bonds is 3. The van der Waals surface area contributed by atoms with Crippen molar-refractivity contribution >= 4 is 39.4 Å². The van der Waals surface area contributed by atoms with Gasteiger partial charge in [-0.05, 0) is 38.8 Å². The van der Waals surface area contributed by atoms with Crippen LogP contribution in [0.3, 0.4) is 0 Å². The lowest BCUT2D eigenvalue weighted by molar-refractivity contribution is 0.0509. The highest BCUT2D eigenvalue weighted by Crippen LogP contribution is 2.37. The lowest BCUT2D eigenvalue weighted by Gasteiger charge is -2.22. The van der Waals surface area contributed by atoms with Crippen LogP contribution in [0, 0.1) is 0 Å². The molecule has 0 unspecified atom stereocenters. The fourth-order valence-electron chi connectivity index (χ4n) is 3.45. The van der Waals surface area contributed by atoms with Crippen LogP contribution in [0.15, 0.2) is 36.4 Å². The van der Waals surface area contributed by atoms with E-state index in [9.17, 15) is 4.79 Å². The number of aromatic nitrogens is 2. The van der Waals surface area contributed by atoms with Gasteiger partial charge in [-0.15, -0.1) is 11.3 Å². The first-order valence-corrected chi connectivity index (χ1v) is 10.5. The van der Waals surface area contributed by atoms with E-state index in [2.05, 4.69) is 38.4 Å². The number of hydrogen-bond donors (Lipinski definition) is 2. The third-order valence-electron chi connectivity index (χ3n) is 4.66. The summed E-state index contributed by atoms with van der Waals surface area (Å²) in [5, 5.41) is 3.94. The molecule has 7 nitrogen and oxygen atoms in total. The Morgan fingerprint density at radius 2 is 2.03 bits per heavy atom. The van der Waals surface area contributed by atoms with Gasteiger partial charge in [0, 0.05) is 18.0 Å². The zero-order valence-corrected chi connectivity index (χ0v) is 17.6. The number of benzene rings is 1. The molecule has 8 heteroatoms. The van der Waals surface area contributed by atoms with Crippen LogP contribution in [0.1, 0.15) is 27.2 Å². The van der Waals surface area contributed by atoms with Crippen molar-refractivity contribution in [2.75, 3.05) is 23.7 Å². The monoisotopic (exact) mass is 411 g/mol. The van der Waals surface area contributed by atoms with Crippen LogP contribution in [-0.4, -0.2) is 40.8 Å². The molecule has 3 N–H and O–H groups in total. The molecular formula is C21H25N5O2S. The third-order valence-corrected chi connectivity index (χ3v) is 5.73. The first-order valence-electron chi connectivity index (χ1n) is 9.65. The fourth-order valence-corrected chi connectivity index (χ4v) is 4.49. The number of alkyl carbamates (subject to hydrolysis) is 1. The maximum absolute atomic E-state index is 12.1. The van der Waals surface area contributed by atoms with Gasteiger partial charge in [0.2, 0.25) is 5.95 Å². The summed E-state index contributed by atoms with van der Waals surface area (Å²) in [5.74, 6) is 1.08. The lowest BCUT2D eigenvalue weighted by atomic mass is 10.2. The van der Waals surface area contributed by atoms with Crippen LogP contribution in [0.2, 0.25) is 0 Å². The number of nitrogens with one attached hydrogen (secondary N) is 1. The molecule has 1 aromatic carbocycles. The van der Waals surface area contributed by atoms with Gasteiger partial charge in [-0.3, -0.25) is 0 Å². The molecule has 1 atom stereocenters. The number of thiophene rings is 1. The minimum absolute atomic E-state index is 0.00307. The van der Waals surface area contributed by atoms with Crippen LogP contribution >= 0.6 is 11.3 Å². The molecule has 1 fully saturated rings. The highest BCUT2D eigenvalue weighted by Gasteiger charge is 2.28. The van der Waals surface area contributed by atoms with E-state index in [-0.39, 0.29) is 12.0 Å². The number of hydrogen-bond acceptors (Lipinski definition) is 7. The molecular weight excluding hydrogens is 386 g/mol. The van der Waals surface area contributed by atoms with E-state index in [1.165, 1.54) is 0 Å². The number of amides is 1. The quantitative estimate of drug-likeness (QED) is 0.675. The molecule has 0 radical (unpaired) electrons. The molecule has 0 saturated carbocycles. The van der Waals surface area contributed by atoms with Gasteiger partial charge >= 0.3 is 6.09 Å². The van der Waals surface area contributed by atoms with E-state index < -0.39 is 11.7 Å². The molecule has 152 valence electrons. The Bertz CT molecular complexity index is 1030. The van der Waals surface area contributed by atoms with Crippen LogP contribution < -0.4 is 16.0 Å². The van der Waals surface area contributed by atoms with Crippen molar-refractivity contribution in [3.8, 4) is 10.4 Å². The van der Waals surface area contributed by atoms with Gasteiger partial charge in [-0.1, -0.05) is 30.3 Å². The van der Waals surface area contributed by atoms with Crippen molar-refractivity contribution in [2.45, 2.75) is 38.8 Å². The first kappa shape index (κ1) is 19.4. The van der Waals surface area contributed by atoms with E-state index in [0.29, 0.717) is 6.54 Å². The number of nitrogen functional groups attached to an aromatic ring is 1. The number of nitrogens with two attached hydrogens (primary N) is 1. The Kier molecular flexibility index (Phi) is 5.04. The summed E-state index contributed by atoms with van der Waals surface area (Å²) in [6.45, 7) is 7.00. The zero-order valence-electron chi connectivity index (χ0n) is 16.8. The minimum Gasteiger partial charge on any atom is -0.444 e. The Morgan fingerprint density at radius 3 is 2.76 bits per heavy atom.